The van der Waals surface area contributed by atoms with Crippen LogP contribution in [0.1, 0.15) is 16.1 Å². The molecule has 1 aliphatic rings. The van der Waals surface area contributed by atoms with Crippen molar-refractivity contribution >= 4 is 23.0 Å². The number of hydrogen-bond acceptors (Lipinski definition) is 5. The van der Waals surface area contributed by atoms with Gasteiger partial charge in [-0.1, -0.05) is 42.5 Å². The van der Waals surface area contributed by atoms with Crippen LogP contribution < -0.4 is 15.5 Å². The zero-order valence-electron chi connectivity index (χ0n) is 16.2. The van der Waals surface area contributed by atoms with E-state index < -0.39 is 0 Å². The summed E-state index contributed by atoms with van der Waals surface area (Å²) in [6.07, 6.45) is 1.65. The van der Waals surface area contributed by atoms with Gasteiger partial charge in [0.05, 0.1) is 24.6 Å². The molecule has 6 heteroatoms. The van der Waals surface area contributed by atoms with Gasteiger partial charge >= 0.3 is 0 Å². The van der Waals surface area contributed by atoms with E-state index in [-0.39, 0.29) is 5.91 Å². The van der Waals surface area contributed by atoms with Crippen molar-refractivity contribution in [1.29, 1.82) is 0 Å². The van der Waals surface area contributed by atoms with Crippen LogP contribution in [0.2, 0.25) is 0 Å². The molecule has 1 amide bonds. The Hall–Kier alpha value is -3.38. The van der Waals surface area contributed by atoms with Crippen molar-refractivity contribution in [3.63, 3.8) is 0 Å². The summed E-state index contributed by atoms with van der Waals surface area (Å²) in [5.41, 5.74) is 4.19. The molecule has 2 N–H and O–H groups in total. The summed E-state index contributed by atoms with van der Waals surface area (Å²) in [7, 11) is 0. The van der Waals surface area contributed by atoms with E-state index >= 15 is 0 Å². The largest absolute Gasteiger partial charge is 0.381 e. The van der Waals surface area contributed by atoms with Gasteiger partial charge in [-0.05, 0) is 29.8 Å². The highest BCUT2D eigenvalue weighted by molar-refractivity contribution is 6.05. The smallest absolute Gasteiger partial charge is 0.274 e. The first-order valence-electron chi connectivity index (χ1n) is 9.76. The second kappa shape index (κ2) is 9.21. The zero-order chi connectivity index (χ0) is 19.9. The van der Waals surface area contributed by atoms with Crippen LogP contribution in [-0.4, -0.2) is 37.2 Å². The average molecular weight is 388 g/mol. The molecule has 0 spiro atoms. The van der Waals surface area contributed by atoms with Crippen molar-refractivity contribution in [1.82, 2.24) is 4.98 Å². The van der Waals surface area contributed by atoms with Crippen molar-refractivity contribution in [2.75, 3.05) is 41.8 Å². The standard InChI is InChI=1S/C23H24N4O2/c28-23(26-20-8-4-5-9-22(20)27-12-14-29-15-13-27)21-16-19(10-11-24-21)25-17-18-6-2-1-3-7-18/h1-11,16H,12-15,17H2,(H,24,25)(H,26,28). The first-order chi connectivity index (χ1) is 14.3. The number of nitrogens with one attached hydrogen (secondary N) is 2. The van der Waals surface area contributed by atoms with Gasteiger partial charge in [0, 0.05) is 31.5 Å². The van der Waals surface area contributed by atoms with Crippen LogP contribution in [-0.2, 0) is 11.3 Å². The number of carbonyl (C=O) groups excluding carboxylic acids is 1. The first kappa shape index (κ1) is 19.0. The highest BCUT2D eigenvalue weighted by Gasteiger charge is 2.17. The van der Waals surface area contributed by atoms with E-state index in [0.29, 0.717) is 25.5 Å². The number of morpholine rings is 1. The molecule has 6 nitrogen and oxygen atoms in total. The molecule has 4 rings (SSSR count). The SMILES string of the molecule is O=C(Nc1ccccc1N1CCOCC1)c1cc(NCc2ccccc2)ccn1. The number of nitrogens with zero attached hydrogens (tertiary/aromatic N) is 2. The van der Waals surface area contributed by atoms with E-state index in [2.05, 4.69) is 32.7 Å². The van der Waals surface area contributed by atoms with E-state index in [4.69, 9.17) is 4.74 Å². The van der Waals surface area contributed by atoms with Crippen LogP contribution in [0.15, 0.2) is 72.9 Å². The van der Waals surface area contributed by atoms with Gasteiger partial charge in [-0.25, -0.2) is 0 Å². The highest BCUT2D eigenvalue weighted by Crippen LogP contribution is 2.26. The normalized spacial score (nSPS) is 13.7. The minimum absolute atomic E-state index is 0.228. The Morgan fingerprint density at radius 1 is 1.00 bits per heavy atom. The number of aromatic nitrogens is 1. The summed E-state index contributed by atoms with van der Waals surface area (Å²) in [5.74, 6) is -0.228. The monoisotopic (exact) mass is 388 g/mol. The Morgan fingerprint density at radius 3 is 2.59 bits per heavy atom. The molecule has 2 aromatic carbocycles. The first-order valence-corrected chi connectivity index (χ1v) is 9.76. The number of amides is 1. The molecular formula is C23H24N4O2. The Kier molecular flexibility index (Phi) is 6.02. The summed E-state index contributed by atoms with van der Waals surface area (Å²) in [4.78, 5) is 19.3. The fourth-order valence-electron chi connectivity index (χ4n) is 3.31. The van der Waals surface area contributed by atoms with E-state index in [9.17, 15) is 4.79 Å². The number of hydrogen-bond donors (Lipinski definition) is 2. The van der Waals surface area contributed by atoms with Crippen LogP contribution in [0.5, 0.6) is 0 Å². The minimum Gasteiger partial charge on any atom is -0.381 e. The molecule has 148 valence electrons. The van der Waals surface area contributed by atoms with Gasteiger partial charge in [0.1, 0.15) is 5.69 Å². The molecule has 0 bridgehead atoms. The van der Waals surface area contributed by atoms with Gasteiger partial charge in [-0.15, -0.1) is 0 Å². The lowest BCUT2D eigenvalue weighted by atomic mass is 10.2. The second-order valence-electron chi connectivity index (χ2n) is 6.84. The molecule has 0 saturated carbocycles. The number of anilines is 3. The van der Waals surface area contributed by atoms with Crippen LogP contribution in [0.25, 0.3) is 0 Å². The summed E-state index contributed by atoms with van der Waals surface area (Å²) in [6, 6.07) is 21.6. The Balaban J connectivity index is 1.45. The predicted molar refractivity (Wildman–Crippen MR) is 115 cm³/mol. The number of ether oxygens (including phenoxy) is 1. The van der Waals surface area contributed by atoms with Gasteiger partial charge in [-0.2, -0.15) is 0 Å². The van der Waals surface area contributed by atoms with Gasteiger partial charge < -0.3 is 20.3 Å². The Bertz CT molecular complexity index is 956. The van der Waals surface area contributed by atoms with Crippen molar-refractivity contribution < 1.29 is 9.53 Å². The molecule has 1 aromatic heterocycles. The average Bonchev–Trinajstić information content (AvgIpc) is 2.79. The fraction of sp³-hybridized carbons (Fsp3) is 0.217. The maximum absolute atomic E-state index is 12.8. The number of rotatable bonds is 6. The quantitative estimate of drug-likeness (QED) is 0.673. The third-order valence-corrected chi connectivity index (χ3v) is 4.84. The van der Waals surface area contributed by atoms with Gasteiger partial charge in [0.25, 0.3) is 5.91 Å². The maximum Gasteiger partial charge on any atom is 0.274 e. The lowest BCUT2D eigenvalue weighted by Crippen LogP contribution is -2.36. The molecule has 0 radical (unpaired) electrons. The van der Waals surface area contributed by atoms with E-state index in [1.54, 1.807) is 12.3 Å². The number of pyridine rings is 1. The summed E-state index contributed by atoms with van der Waals surface area (Å²) in [6.45, 7) is 3.69. The molecular weight excluding hydrogens is 364 g/mol. The summed E-state index contributed by atoms with van der Waals surface area (Å²) < 4.78 is 5.43. The highest BCUT2D eigenvalue weighted by atomic mass is 16.5. The molecule has 0 aliphatic carbocycles. The number of benzene rings is 2. The van der Waals surface area contributed by atoms with Gasteiger partial charge in [0.15, 0.2) is 0 Å². The van der Waals surface area contributed by atoms with Gasteiger partial charge in [0.2, 0.25) is 0 Å². The van der Waals surface area contributed by atoms with Crippen molar-refractivity contribution in [2.24, 2.45) is 0 Å². The third kappa shape index (κ3) is 4.92. The molecule has 2 heterocycles. The second-order valence-corrected chi connectivity index (χ2v) is 6.84. The zero-order valence-corrected chi connectivity index (χ0v) is 16.2. The summed E-state index contributed by atoms with van der Waals surface area (Å²) >= 11 is 0. The lowest BCUT2D eigenvalue weighted by Gasteiger charge is -2.30. The number of carbonyl (C=O) groups is 1. The van der Waals surface area contributed by atoms with Crippen LogP contribution >= 0.6 is 0 Å². The molecule has 29 heavy (non-hydrogen) atoms. The minimum atomic E-state index is -0.228. The molecule has 3 aromatic rings. The van der Waals surface area contributed by atoms with Crippen molar-refractivity contribution in [3.05, 3.63) is 84.2 Å². The Labute approximate surface area is 170 Å². The predicted octanol–water partition coefficient (Wildman–Crippen LogP) is 3.78. The van der Waals surface area contributed by atoms with E-state index in [0.717, 1.165) is 30.2 Å². The van der Waals surface area contributed by atoms with Crippen LogP contribution in [0.4, 0.5) is 17.1 Å². The molecule has 1 saturated heterocycles. The van der Waals surface area contributed by atoms with Crippen molar-refractivity contribution in [3.8, 4) is 0 Å². The topological polar surface area (TPSA) is 66.5 Å². The maximum atomic E-state index is 12.8. The molecule has 0 unspecified atom stereocenters. The van der Waals surface area contributed by atoms with E-state index in [1.807, 2.05) is 48.5 Å². The van der Waals surface area contributed by atoms with Gasteiger partial charge in [-0.3, -0.25) is 9.78 Å². The van der Waals surface area contributed by atoms with E-state index in [1.165, 1.54) is 5.56 Å². The Morgan fingerprint density at radius 2 is 1.76 bits per heavy atom. The lowest BCUT2D eigenvalue weighted by molar-refractivity contribution is 0.102. The number of para-hydroxylation sites is 2. The van der Waals surface area contributed by atoms with Crippen LogP contribution in [0.3, 0.4) is 0 Å². The molecule has 1 fully saturated rings. The molecule has 1 aliphatic heterocycles. The third-order valence-electron chi connectivity index (χ3n) is 4.84. The molecule has 0 atom stereocenters. The summed E-state index contributed by atoms with van der Waals surface area (Å²) in [5, 5.41) is 6.35. The van der Waals surface area contributed by atoms with Crippen molar-refractivity contribution in [2.45, 2.75) is 6.54 Å². The fourth-order valence-corrected chi connectivity index (χ4v) is 3.31. The van der Waals surface area contributed by atoms with Crippen LogP contribution in [0, 0.1) is 0 Å².